The Bertz CT molecular complexity index is 1220. The lowest BCUT2D eigenvalue weighted by Crippen LogP contribution is -2.34. The fraction of sp³-hybridized carbons (Fsp3) is 0.448. The van der Waals surface area contributed by atoms with Gasteiger partial charge in [-0.25, -0.2) is 4.99 Å². The number of nitrogens with zero attached hydrogens (tertiary/aromatic N) is 1. The largest absolute Gasteiger partial charge is 0.494 e. The summed E-state index contributed by atoms with van der Waals surface area (Å²) in [6.07, 6.45) is 10.5. The van der Waals surface area contributed by atoms with Gasteiger partial charge in [0.25, 0.3) is 0 Å². The van der Waals surface area contributed by atoms with Gasteiger partial charge in [0, 0.05) is 34.8 Å². The average molecular weight is 461 g/mol. The second-order valence-corrected chi connectivity index (χ2v) is 9.34. The van der Waals surface area contributed by atoms with Gasteiger partial charge >= 0.3 is 0 Å². The maximum Gasteiger partial charge on any atom is 0.198 e. The number of nitrogens with one attached hydrogen (secondary N) is 3. The molecule has 1 heterocycles. The third-order valence-corrected chi connectivity index (χ3v) is 6.76. The van der Waals surface area contributed by atoms with Crippen molar-refractivity contribution < 1.29 is 5.11 Å². The van der Waals surface area contributed by atoms with Crippen LogP contribution in [-0.2, 0) is 6.42 Å². The normalized spacial score (nSPS) is 18.2. The Balaban J connectivity index is 2.02. The predicted molar refractivity (Wildman–Crippen MR) is 144 cm³/mol. The zero-order chi connectivity index (χ0) is 24.8. The van der Waals surface area contributed by atoms with Crippen LogP contribution >= 0.6 is 0 Å². The molecule has 0 spiro atoms. The molecule has 1 aliphatic carbocycles. The van der Waals surface area contributed by atoms with Crippen LogP contribution < -0.4 is 15.9 Å². The third-order valence-electron chi connectivity index (χ3n) is 6.76. The van der Waals surface area contributed by atoms with Crippen molar-refractivity contribution in [2.75, 3.05) is 6.54 Å². The van der Waals surface area contributed by atoms with Crippen molar-refractivity contribution in [1.29, 1.82) is 5.41 Å². The minimum Gasteiger partial charge on any atom is -0.494 e. The second kappa shape index (κ2) is 11.4. The average Bonchev–Trinajstić information content (AvgIpc) is 3.13. The number of aromatic hydroxyl groups is 1. The van der Waals surface area contributed by atoms with Gasteiger partial charge in [0.1, 0.15) is 5.84 Å². The molecule has 2 unspecified atom stereocenters. The number of amidine groups is 1. The zero-order valence-corrected chi connectivity index (χ0v) is 21.5. The molecule has 0 bridgehead atoms. The number of aliphatic imine (C=N–C) groups is 1. The molecule has 5 heteroatoms. The van der Waals surface area contributed by atoms with Gasteiger partial charge in [-0.15, -0.1) is 0 Å². The van der Waals surface area contributed by atoms with E-state index in [1.807, 2.05) is 13.8 Å². The number of rotatable bonds is 9. The molecular weight excluding hydrogens is 420 g/mol. The molecule has 182 valence electrons. The summed E-state index contributed by atoms with van der Waals surface area (Å²) in [4.78, 5) is 7.67. The molecule has 1 aliphatic rings. The third kappa shape index (κ3) is 5.69. The molecule has 2 atom stereocenters. The highest BCUT2D eigenvalue weighted by atomic mass is 16.3. The number of unbranched alkanes of at least 4 members (excludes halogenated alkanes) is 1. The maximum absolute atomic E-state index is 10.8. The molecule has 3 rings (SSSR count). The Morgan fingerprint density at radius 3 is 2.65 bits per heavy atom. The lowest BCUT2D eigenvalue weighted by molar-refractivity contribution is 0.455. The highest BCUT2D eigenvalue weighted by Gasteiger charge is 2.25. The molecule has 0 fully saturated rings. The van der Waals surface area contributed by atoms with Crippen LogP contribution in [0.15, 0.2) is 35.0 Å². The molecule has 1 aromatic carbocycles. The van der Waals surface area contributed by atoms with E-state index in [9.17, 15) is 5.11 Å². The molecule has 0 aliphatic heterocycles. The van der Waals surface area contributed by atoms with Gasteiger partial charge < -0.3 is 15.4 Å². The first-order valence-electron chi connectivity index (χ1n) is 12.6. The molecular formula is C29H40N4O. The maximum atomic E-state index is 10.8. The number of aryl methyl sites for hydroxylation is 2. The number of allylic oxidation sites excluding steroid dienone is 1. The molecule has 0 radical (unpaired) electrons. The summed E-state index contributed by atoms with van der Waals surface area (Å²) in [7, 11) is 0. The van der Waals surface area contributed by atoms with Crippen LogP contribution in [-0.4, -0.2) is 28.2 Å². The summed E-state index contributed by atoms with van der Waals surface area (Å²) >= 11 is 0. The molecule has 0 saturated heterocycles. The fourth-order valence-corrected chi connectivity index (χ4v) is 4.76. The number of H-pyrrole nitrogens is 1. The van der Waals surface area contributed by atoms with E-state index in [4.69, 9.17) is 5.41 Å². The van der Waals surface area contributed by atoms with Gasteiger partial charge in [0.15, 0.2) is 5.88 Å². The van der Waals surface area contributed by atoms with E-state index in [0.29, 0.717) is 17.2 Å². The van der Waals surface area contributed by atoms with Gasteiger partial charge in [0.05, 0.1) is 11.3 Å². The summed E-state index contributed by atoms with van der Waals surface area (Å²) in [6, 6.07) is 6.76. The molecule has 2 aromatic rings. The Kier molecular flexibility index (Phi) is 8.54. The minimum absolute atomic E-state index is 0.114. The van der Waals surface area contributed by atoms with Crippen molar-refractivity contribution in [3.05, 3.63) is 62.8 Å². The zero-order valence-electron chi connectivity index (χ0n) is 21.5. The summed E-state index contributed by atoms with van der Waals surface area (Å²) < 4.78 is 0. The Morgan fingerprint density at radius 1 is 1.21 bits per heavy atom. The van der Waals surface area contributed by atoms with Crippen LogP contribution in [0.2, 0.25) is 0 Å². The summed E-state index contributed by atoms with van der Waals surface area (Å²) in [6.45, 7) is 13.4. The van der Waals surface area contributed by atoms with Crippen molar-refractivity contribution in [1.82, 2.24) is 10.3 Å². The molecule has 4 N–H and O–H groups in total. The van der Waals surface area contributed by atoms with Gasteiger partial charge in [-0.3, -0.25) is 5.41 Å². The van der Waals surface area contributed by atoms with Crippen LogP contribution in [0.1, 0.15) is 82.1 Å². The Morgan fingerprint density at radius 2 is 1.97 bits per heavy atom. The number of aromatic amines is 1. The molecule has 5 nitrogen and oxygen atoms in total. The smallest absolute Gasteiger partial charge is 0.198 e. The first kappa shape index (κ1) is 25.5. The topological polar surface area (TPSA) is 84.3 Å². The molecule has 0 saturated carbocycles. The molecule has 0 amide bonds. The van der Waals surface area contributed by atoms with E-state index in [1.165, 1.54) is 16.7 Å². The number of aromatic nitrogens is 1. The van der Waals surface area contributed by atoms with E-state index >= 15 is 0 Å². The van der Waals surface area contributed by atoms with E-state index in [0.717, 1.165) is 48.5 Å². The predicted octanol–water partition coefficient (Wildman–Crippen LogP) is 5.06. The van der Waals surface area contributed by atoms with Gasteiger partial charge in [-0.1, -0.05) is 57.5 Å². The lowest BCUT2D eigenvalue weighted by atomic mass is 9.78. The summed E-state index contributed by atoms with van der Waals surface area (Å²) in [5, 5.41) is 24.4. The van der Waals surface area contributed by atoms with Crippen molar-refractivity contribution in [2.45, 2.75) is 73.1 Å². The van der Waals surface area contributed by atoms with Crippen LogP contribution in [0.25, 0.3) is 12.2 Å². The number of hydrogen-bond acceptors (Lipinski definition) is 3. The van der Waals surface area contributed by atoms with Gasteiger partial charge in [-0.05, 0) is 62.6 Å². The number of fused-ring (bicyclic) bond motifs is 1. The van der Waals surface area contributed by atoms with Crippen LogP contribution in [0, 0.1) is 18.3 Å². The van der Waals surface area contributed by atoms with Crippen LogP contribution in [0.5, 0.6) is 5.88 Å². The monoisotopic (exact) mass is 460 g/mol. The quantitative estimate of drug-likeness (QED) is 0.240. The summed E-state index contributed by atoms with van der Waals surface area (Å²) in [5.41, 5.74) is 6.22. The van der Waals surface area contributed by atoms with E-state index in [1.54, 1.807) is 6.08 Å². The first-order chi connectivity index (χ1) is 16.3. The SMILES string of the molecule is CCCCN/C(C)=C\C(=N)N=C(C)c1c(O)[nH]c2c1=CC(c1cc(CC)ccc1C)C(CC)C=2. The van der Waals surface area contributed by atoms with Gasteiger partial charge in [0.2, 0.25) is 0 Å². The number of hydrogen-bond donors (Lipinski definition) is 4. The Hall–Kier alpha value is -3.08. The van der Waals surface area contributed by atoms with Gasteiger partial charge in [-0.2, -0.15) is 0 Å². The molecule has 34 heavy (non-hydrogen) atoms. The van der Waals surface area contributed by atoms with Crippen molar-refractivity contribution in [3.8, 4) is 5.88 Å². The Labute approximate surface area is 203 Å². The first-order valence-corrected chi connectivity index (χ1v) is 12.6. The van der Waals surface area contributed by atoms with Crippen molar-refractivity contribution >= 4 is 23.7 Å². The standard InChI is InChI=1S/C29H40N4O/c1-7-10-13-31-19(5)14-27(30)32-20(6)28-25-17-24(22(9-3)16-26(25)33-29(28)34)23-15-21(8-2)12-11-18(23)4/h11-12,14-17,22,24,30-31,33-34H,7-10,13H2,1-6H3/b19-14-,30-27?,32-20?. The number of benzene rings is 1. The van der Waals surface area contributed by atoms with Crippen molar-refractivity contribution in [2.24, 2.45) is 10.9 Å². The van der Waals surface area contributed by atoms with E-state index in [-0.39, 0.29) is 17.6 Å². The highest BCUT2D eigenvalue weighted by Crippen LogP contribution is 2.34. The van der Waals surface area contributed by atoms with Crippen LogP contribution in [0.3, 0.4) is 0 Å². The summed E-state index contributed by atoms with van der Waals surface area (Å²) in [5.74, 6) is 0.861. The fourth-order valence-electron chi connectivity index (χ4n) is 4.76. The van der Waals surface area contributed by atoms with Crippen LogP contribution in [0.4, 0.5) is 0 Å². The van der Waals surface area contributed by atoms with E-state index in [2.05, 4.69) is 73.3 Å². The minimum atomic E-state index is 0.114. The van der Waals surface area contributed by atoms with Crippen molar-refractivity contribution in [3.63, 3.8) is 0 Å². The van der Waals surface area contributed by atoms with E-state index < -0.39 is 0 Å². The lowest BCUT2D eigenvalue weighted by Gasteiger charge is -2.25. The molecule has 1 aromatic heterocycles. The highest BCUT2D eigenvalue weighted by molar-refractivity contribution is 6.09. The second-order valence-electron chi connectivity index (χ2n) is 9.34.